The van der Waals surface area contributed by atoms with Gasteiger partial charge in [-0.3, -0.25) is 4.79 Å². The Hall–Kier alpha value is -3.39. The normalized spacial score (nSPS) is 11.8. The van der Waals surface area contributed by atoms with Crippen LogP contribution in [0.5, 0.6) is 17.2 Å². The number of hydrogen-bond donors (Lipinski definition) is 0. The Morgan fingerprint density at radius 1 is 1.00 bits per heavy atom. The van der Waals surface area contributed by atoms with Crippen molar-refractivity contribution < 1.29 is 14.2 Å². The quantitative estimate of drug-likeness (QED) is 0.505. The molecule has 0 spiro atoms. The molecule has 8 heteroatoms. The van der Waals surface area contributed by atoms with Crippen molar-refractivity contribution in [1.29, 1.82) is 0 Å². The second-order valence-electron chi connectivity index (χ2n) is 6.37. The summed E-state index contributed by atoms with van der Waals surface area (Å²) in [5.41, 5.74) is 2.60. The maximum absolute atomic E-state index is 12.8. The monoisotopic (exact) mass is 409 g/mol. The van der Waals surface area contributed by atoms with Crippen LogP contribution in [0.4, 0.5) is 0 Å². The van der Waals surface area contributed by atoms with Gasteiger partial charge in [0.2, 0.25) is 10.7 Å². The lowest BCUT2D eigenvalue weighted by molar-refractivity contribution is 0.324. The van der Waals surface area contributed by atoms with Crippen LogP contribution in [0.25, 0.3) is 22.4 Å². The SMILES string of the molecule is COc1cc(-c2nc3sc(=Cc4ccc(C)cc4)c(=O)n3n2)cc(OC)c1OC. The van der Waals surface area contributed by atoms with Crippen molar-refractivity contribution in [2.75, 3.05) is 21.3 Å². The van der Waals surface area contributed by atoms with E-state index in [1.54, 1.807) is 33.5 Å². The highest BCUT2D eigenvalue weighted by Crippen LogP contribution is 2.40. The van der Waals surface area contributed by atoms with E-state index in [4.69, 9.17) is 14.2 Å². The molecule has 0 bridgehead atoms. The van der Waals surface area contributed by atoms with Crippen LogP contribution in [0.15, 0.2) is 41.2 Å². The van der Waals surface area contributed by atoms with Crippen LogP contribution in [-0.2, 0) is 0 Å². The van der Waals surface area contributed by atoms with Gasteiger partial charge < -0.3 is 14.2 Å². The largest absolute Gasteiger partial charge is 0.493 e. The van der Waals surface area contributed by atoms with Crippen LogP contribution in [0.2, 0.25) is 0 Å². The minimum Gasteiger partial charge on any atom is -0.493 e. The van der Waals surface area contributed by atoms with Crippen LogP contribution < -0.4 is 24.3 Å². The zero-order valence-electron chi connectivity index (χ0n) is 16.4. The highest BCUT2D eigenvalue weighted by Gasteiger charge is 2.18. The molecular weight excluding hydrogens is 390 g/mol. The number of fused-ring (bicyclic) bond motifs is 1. The van der Waals surface area contributed by atoms with E-state index in [2.05, 4.69) is 10.1 Å². The van der Waals surface area contributed by atoms with Gasteiger partial charge in [0.15, 0.2) is 17.3 Å². The molecule has 4 rings (SSSR count). The number of rotatable bonds is 5. The summed E-state index contributed by atoms with van der Waals surface area (Å²) in [6, 6.07) is 11.5. The van der Waals surface area contributed by atoms with Crippen LogP contribution in [0.1, 0.15) is 11.1 Å². The maximum Gasteiger partial charge on any atom is 0.291 e. The summed E-state index contributed by atoms with van der Waals surface area (Å²) in [6.07, 6.45) is 1.85. The lowest BCUT2D eigenvalue weighted by Crippen LogP contribution is -2.23. The fraction of sp³-hybridized carbons (Fsp3) is 0.190. The van der Waals surface area contributed by atoms with Gasteiger partial charge in [0.05, 0.1) is 25.9 Å². The molecule has 0 saturated heterocycles. The first-order valence-electron chi connectivity index (χ1n) is 8.82. The zero-order chi connectivity index (χ0) is 20.5. The molecule has 29 heavy (non-hydrogen) atoms. The Morgan fingerprint density at radius 2 is 1.66 bits per heavy atom. The Bertz CT molecular complexity index is 1270. The van der Waals surface area contributed by atoms with E-state index in [9.17, 15) is 4.79 Å². The van der Waals surface area contributed by atoms with E-state index in [1.807, 2.05) is 37.3 Å². The van der Waals surface area contributed by atoms with Gasteiger partial charge in [0, 0.05) is 5.56 Å². The highest BCUT2D eigenvalue weighted by atomic mass is 32.1. The molecule has 0 radical (unpaired) electrons. The number of methoxy groups -OCH3 is 3. The van der Waals surface area contributed by atoms with Gasteiger partial charge in [-0.2, -0.15) is 9.50 Å². The second kappa shape index (κ2) is 7.56. The summed E-state index contributed by atoms with van der Waals surface area (Å²) >= 11 is 1.30. The van der Waals surface area contributed by atoms with Gasteiger partial charge in [-0.1, -0.05) is 41.2 Å². The van der Waals surface area contributed by atoms with Crippen LogP contribution in [0.3, 0.4) is 0 Å². The Balaban J connectivity index is 1.80. The van der Waals surface area contributed by atoms with Crippen LogP contribution in [-0.4, -0.2) is 35.9 Å². The summed E-state index contributed by atoms with van der Waals surface area (Å²) in [5.74, 6) is 1.89. The third kappa shape index (κ3) is 3.42. The van der Waals surface area contributed by atoms with Crippen molar-refractivity contribution in [3.05, 3.63) is 62.4 Å². The number of benzene rings is 2. The predicted octanol–water partition coefficient (Wildman–Crippen LogP) is 2.70. The number of nitrogens with zero attached hydrogens (tertiary/aromatic N) is 3. The minimum absolute atomic E-state index is 0.197. The van der Waals surface area contributed by atoms with Gasteiger partial charge in [0.1, 0.15) is 0 Å². The van der Waals surface area contributed by atoms with E-state index in [0.717, 1.165) is 5.56 Å². The number of ether oxygens (including phenoxy) is 3. The molecule has 0 fully saturated rings. The van der Waals surface area contributed by atoms with Gasteiger partial charge >= 0.3 is 0 Å². The minimum atomic E-state index is -0.197. The Labute approximate surface area is 170 Å². The lowest BCUT2D eigenvalue weighted by atomic mass is 10.1. The highest BCUT2D eigenvalue weighted by molar-refractivity contribution is 7.15. The number of aromatic nitrogens is 3. The standard InChI is InChI=1S/C21H19N3O4S/c1-12-5-7-13(8-6-12)9-17-20(25)24-21(29-17)22-19(23-24)14-10-15(26-2)18(28-4)16(11-14)27-3/h5-11H,1-4H3. The maximum atomic E-state index is 12.8. The third-order valence-electron chi connectivity index (χ3n) is 4.48. The molecule has 0 amide bonds. The van der Waals surface area contributed by atoms with E-state index < -0.39 is 0 Å². The average Bonchev–Trinajstić information content (AvgIpc) is 3.28. The van der Waals surface area contributed by atoms with Crippen molar-refractivity contribution in [3.63, 3.8) is 0 Å². The molecule has 0 N–H and O–H groups in total. The van der Waals surface area contributed by atoms with E-state index in [1.165, 1.54) is 21.4 Å². The fourth-order valence-electron chi connectivity index (χ4n) is 2.98. The molecule has 7 nitrogen and oxygen atoms in total. The summed E-state index contributed by atoms with van der Waals surface area (Å²) in [6.45, 7) is 2.02. The van der Waals surface area contributed by atoms with Crippen molar-refractivity contribution in [3.8, 4) is 28.6 Å². The third-order valence-corrected chi connectivity index (χ3v) is 5.44. The molecule has 0 saturated carbocycles. The number of hydrogen-bond acceptors (Lipinski definition) is 7. The molecule has 0 aliphatic heterocycles. The number of aryl methyl sites for hydroxylation is 1. The number of thiazole rings is 1. The molecule has 0 atom stereocenters. The van der Waals surface area contributed by atoms with E-state index >= 15 is 0 Å². The first-order chi connectivity index (χ1) is 14.0. The summed E-state index contributed by atoms with van der Waals surface area (Å²) < 4.78 is 18.0. The van der Waals surface area contributed by atoms with Crippen molar-refractivity contribution in [1.82, 2.24) is 14.6 Å². The van der Waals surface area contributed by atoms with E-state index in [0.29, 0.717) is 38.1 Å². The zero-order valence-corrected chi connectivity index (χ0v) is 17.2. The topological polar surface area (TPSA) is 75.0 Å². The molecule has 0 aliphatic rings. The summed E-state index contributed by atoms with van der Waals surface area (Å²) in [5, 5.41) is 4.40. The average molecular weight is 409 g/mol. The van der Waals surface area contributed by atoms with Gasteiger partial charge in [-0.25, -0.2) is 0 Å². The molecule has 4 aromatic rings. The molecule has 0 unspecified atom stereocenters. The predicted molar refractivity (Wildman–Crippen MR) is 112 cm³/mol. The first kappa shape index (κ1) is 18.9. The van der Waals surface area contributed by atoms with Crippen molar-refractivity contribution >= 4 is 22.4 Å². The van der Waals surface area contributed by atoms with Gasteiger partial charge in [0.25, 0.3) is 5.56 Å². The Kier molecular flexibility index (Phi) is 4.94. The van der Waals surface area contributed by atoms with E-state index in [-0.39, 0.29) is 5.56 Å². The van der Waals surface area contributed by atoms with Gasteiger partial charge in [-0.15, -0.1) is 5.10 Å². The smallest absolute Gasteiger partial charge is 0.291 e. The molecule has 0 aliphatic carbocycles. The molecule has 2 aromatic heterocycles. The summed E-state index contributed by atoms with van der Waals surface area (Å²) in [4.78, 5) is 17.8. The molecule has 2 heterocycles. The lowest BCUT2D eigenvalue weighted by Gasteiger charge is -2.12. The summed E-state index contributed by atoms with van der Waals surface area (Å²) in [7, 11) is 4.63. The van der Waals surface area contributed by atoms with Crippen LogP contribution >= 0.6 is 11.3 Å². The second-order valence-corrected chi connectivity index (χ2v) is 7.38. The van der Waals surface area contributed by atoms with Crippen LogP contribution in [0, 0.1) is 6.92 Å². The van der Waals surface area contributed by atoms with Crippen molar-refractivity contribution in [2.24, 2.45) is 0 Å². The first-order valence-corrected chi connectivity index (χ1v) is 9.64. The molecule has 2 aromatic carbocycles. The molecule has 148 valence electrons. The molecular formula is C21H19N3O4S. The van der Waals surface area contributed by atoms with Gasteiger partial charge in [-0.05, 0) is 30.7 Å². The Morgan fingerprint density at radius 3 is 2.21 bits per heavy atom. The van der Waals surface area contributed by atoms with Crippen molar-refractivity contribution in [2.45, 2.75) is 6.92 Å². The fourth-order valence-corrected chi connectivity index (χ4v) is 3.89.